The van der Waals surface area contributed by atoms with Crippen LogP contribution in [0.25, 0.3) is 0 Å². The van der Waals surface area contributed by atoms with Crippen LogP contribution < -0.4 is 10.1 Å². The van der Waals surface area contributed by atoms with Gasteiger partial charge in [0, 0.05) is 22.8 Å². The zero-order chi connectivity index (χ0) is 18.0. The zero-order valence-corrected chi connectivity index (χ0v) is 14.4. The molecule has 2 heterocycles. The number of aromatic nitrogens is 1. The molecule has 1 amide bonds. The van der Waals surface area contributed by atoms with Gasteiger partial charge in [0.25, 0.3) is 0 Å². The molecule has 0 saturated heterocycles. The minimum absolute atomic E-state index is 0.0978. The third kappa shape index (κ3) is 5.09. The molecule has 134 valence electrons. The van der Waals surface area contributed by atoms with Crippen LogP contribution in [0.4, 0.5) is 13.2 Å². The van der Waals surface area contributed by atoms with Gasteiger partial charge in [0.1, 0.15) is 0 Å². The summed E-state index contributed by atoms with van der Waals surface area (Å²) in [5.74, 6) is -0.133. The van der Waals surface area contributed by atoms with Crippen LogP contribution in [0.15, 0.2) is 30.3 Å². The Morgan fingerprint density at radius 1 is 1.36 bits per heavy atom. The number of pyridine rings is 1. The molecule has 1 fully saturated rings. The summed E-state index contributed by atoms with van der Waals surface area (Å²) in [6.07, 6.45) is -3.65. The average Bonchev–Trinajstić information content (AvgIpc) is 3.25. The first kappa shape index (κ1) is 18.0. The molecule has 1 aliphatic rings. The van der Waals surface area contributed by atoms with Crippen molar-refractivity contribution in [3.63, 3.8) is 0 Å². The largest absolute Gasteiger partial charge is 0.468 e. The maximum absolute atomic E-state index is 12.2. The van der Waals surface area contributed by atoms with E-state index in [0.29, 0.717) is 10.0 Å². The molecule has 1 N–H and O–H groups in total. The van der Waals surface area contributed by atoms with E-state index in [-0.39, 0.29) is 30.2 Å². The summed E-state index contributed by atoms with van der Waals surface area (Å²) in [7, 11) is 0. The van der Waals surface area contributed by atoms with E-state index in [2.05, 4.69) is 15.0 Å². The topological polar surface area (TPSA) is 51.2 Å². The molecule has 2 aromatic heterocycles. The second kappa shape index (κ2) is 7.21. The standard InChI is InChI=1S/C16H14ClF3N2O2S/c17-13-5-4-12(25-13)10-6-11(10)15(23)21-7-9-2-1-3-14(22-9)24-8-16(18,19)20/h1-5,10-11H,6-8H2,(H,21,23)/t10-,11-/m1/s1. The van der Waals surface area contributed by atoms with Crippen molar-refractivity contribution in [1.82, 2.24) is 10.3 Å². The number of nitrogens with one attached hydrogen (secondary N) is 1. The van der Waals surface area contributed by atoms with Crippen LogP contribution >= 0.6 is 22.9 Å². The number of halogens is 4. The Balaban J connectivity index is 1.49. The van der Waals surface area contributed by atoms with E-state index in [0.717, 1.165) is 11.3 Å². The highest BCUT2D eigenvalue weighted by Crippen LogP contribution is 2.50. The lowest BCUT2D eigenvalue weighted by atomic mass is 10.2. The number of carbonyl (C=O) groups excluding carboxylic acids is 1. The first-order valence-corrected chi connectivity index (χ1v) is 8.70. The van der Waals surface area contributed by atoms with Crippen molar-refractivity contribution in [2.75, 3.05) is 6.61 Å². The van der Waals surface area contributed by atoms with Crippen molar-refractivity contribution in [2.24, 2.45) is 5.92 Å². The molecule has 0 unspecified atom stereocenters. The van der Waals surface area contributed by atoms with Gasteiger partial charge in [-0.25, -0.2) is 4.98 Å². The van der Waals surface area contributed by atoms with E-state index in [1.807, 2.05) is 12.1 Å². The molecular formula is C16H14ClF3N2O2S. The zero-order valence-electron chi connectivity index (χ0n) is 12.8. The third-order valence-electron chi connectivity index (χ3n) is 3.70. The lowest BCUT2D eigenvalue weighted by molar-refractivity contribution is -0.154. The summed E-state index contributed by atoms with van der Waals surface area (Å²) in [6, 6.07) is 8.23. The number of amides is 1. The van der Waals surface area contributed by atoms with Gasteiger partial charge in [-0.3, -0.25) is 4.79 Å². The Hall–Kier alpha value is -1.80. The van der Waals surface area contributed by atoms with Gasteiger partial charge in [-0.2, -0.15) is 13.2 Å². The highest BCUT2D eigenvalue weighted by Gasteiger charge is 2.44. The van der Waals surface area contributed by atoms with Crippen LogP contribution in [-0.2, 0) is 11.3 Å². The summed E-state index contributed by atoms with van der Waals surface area (Å²) >= 11 is 7.36. The molecule has 4 nitrogen and oxygen atoms in total. The van der Waals surface area contributed by atoms with Crippen LogP contribution in [0.2, 0.25) is 4.34 Å². The molecule has 9 heteroatoms. The summed E-state index contributed by atoms with van der Waals surface area (Å²) in [5, 5.41) is 2.76. The SMILES string of the molecule is O=C(NCc1cccc(OCC(F)(F)F)n1)[C@@H]1C[C@H]1c1ccc(Cl)s1. The van der Waals surface area contributed by atoms with E-state index in [4.69, 9.17) is 11.6 Å². The molecule has 1 aliphatic carbocycles. The van der Waals surface area contributed by atoms with Crippen molar-refractivity contribution in [3.05, 3.63) is 45.2 Å². The van der Waals surface area contributed by atoms with Crippen molar-refractivity contribution >= 4 is 28.8 Å². The summed E-state index contributed by atoms with van der Waals surface area (Å²) in [4.78, 5) is 17.2. The van der Waals surface area contributed by atoms with Crippen LogP contribution in [0.3, 0.4) is 0 Å². The predicted molar refractivity (Wildman–Crippen MR) is 87.8 cm³/mol. The van der Waals surface area contributed by atoms with Gasteiger partial charge in [-0.05, 0) is 24.6 Å². The first-order valence-electron chi connectivity index (χ1n) is 7.50. The minimum Gasteiger partial charge on any atom is -0.468 e. The molecule has 0 spiro atoms. The molecule has 0 aliphatic heterocycles. The van der Waals surface area contributed by atoms with Crippen molar-refractivity contribution in [2.45, 2.75) is 25.1 Å². The summed E-state index contributed by atoms with van der Waals surface area (Å²) in [6.45, 7) is -1.26. The van der Waals surface area contributed by atoms with Crippen molar-refractivity contribution in [1.29, 1.82) is 0 Å². The number of rotatable bonds is 6. The quantitative estimate of drug-likeness (QED) is 0.805. The third-order valence-corrected chi connectivity index (χ3v) is 5.06. The number of carbonyl (C=O) groups is 1. The molecular weight excluding hydrogens is 377 g/mol. The van der Waals surface area contributed by atoms with E-state index in [9.17, 15) is 18.0 Å². The van der Waals surface area contributed by atoms with Gasteiger partial charge in [0.05, 0.1) is 16.6 Å². The van der Waals surface area contributed by atoms with Crippen molar-refractivity contribution < 1.29 is 22.7 Å². The molecule has 0 bridgehead atoms. The Bertz CT molecular complexity index is 766. The fourth-order valence-corrected chi connectivity index (χ4v) is 3.67. The van der Waals surface area contributed by atoms with Crippen LogP contribution in [0.1, 0.15) is 22.9 Å². The second-order valence-corrected chi connectivity index (χ2v) is 7.43. The fraction of sp³-hybridized carbons (Fsp3) is 0.375. The molecule has 0 aromatic carbocycles. The van der Waals surface area contributed by atoms with Gasteiger partial charge in [0.2, 0.25) is 11.8 Å². The summed E-state index contributed by atoms with van der Waals surface area (Å²) in [5.41, 5.74) is 0.435. The number of nitrogens with zero attached hydrogens (tertiary/aromatic N) is 1. The lowest BCUT2D eigenvalue weighted by Gasteiger charge is -2.09. The normalized spacial score (nSPS) is 19.5. The smallest absolute Gasteiger partial charge is 0.422 e. The number of hydrogen-bond donors (Lipinski definition) is 1. The van der Waals surface area contributed by atoms with E-state index >= 15 is 0 Å². The first-order chi connectivity index (χ1) is 11.8. The van der Waals surface area contributed by atoms with Gasteiger partial charge in [-0.1, -0.05) is 17.7 Å². The van der Waals surface area contributed by atoms with Gasteiger partial charge < -0.3 is 10.1 Å². The maximum atomic E-state index is 12.2. The predicted octanol–water partition coefficient (Wildman–Crippen LogP) is 4.16. The highest BCUT2D eigenvalue weighted by molar-refractivity contribution is 7.16. The molecule has 25 heavy (non-hydrogen) atoms. The highest BCUT2D eigenvalue weighted by atomic mass is 35.5. The van der Waals surface area contributed by atoms with Crippen LogP contribution in [0, 0.1) is 5.92 Å². The fourth-order valence-electron chi connectivity index (χ4n) is 2.43. The lowest BCUT2D eigenvalue weighted by Crippen LogP contribution is -2.25. The van der Waals surface area contributed by atoms with Crippen LogP contribution in [-0.4, -0.2) is 23.7 Å². The molecule has 1 saturated carbocycles. The van der Waals surface area contributed by atoms with Gasteiger partial charge in [0.15, 0.2) is 6.61 Å². The molecule has 0 radical (unpaired) electrons. The van der Waals surface area contributed by atoms with Crippen molar-refractivity contribution in [3.8, 4) is 5.88 Å². The van der Waals surface area contributed by atoms with Gasteiger partial charge >= 0.3 is 6.18 Å². The average molecular weight is 391 g/mol. The maximum Gasteiger partial charge on any atom is 0.422 e. The van der Waals surface area contributed by atoms with E-state index in [1.165, 1.54) is 23.5 Å². The number of thiophene rings is 1. The number of ether oxygens (including phenoxy) is 1. The van der Waals surface area contributed by atoms with E-state index in [1.54, 1.807) is 6.07 Å². The summed E-state index contributed by atoms with van der Waals surface area (Å²) < 4.78 is 41.7. The number of alkyl halides is 3. The Kier molecular flexibility index (Phi) is 5.19. The van der Waals surface area contributed by atoms with Gasteiger partial charge in [-0.15, -0.1) is 11.3 Å². The monoisotopic (exact) mass is 390 g/mol. The molecule has 2 atom stereocenters. The second-order valence-electron chi connectivity index (χ2n) is 5.68. The van der Waals surface area contributed by atoms with E-state index < -0.39 is 12.8 Å². The Morgan fingerprint density at radius 3 is 2.84 bits per heavy atom. The van der Waals surface area contributed by atoms with Crippen LogP contribution in [0.5, 0.6) is 5.88 Å². The minimum atomic E-state index is -4.42. The Morgan fingerprint density at radius 2 is 2.16 bits per heavy atom. The Labute approximate surface area is 151 Å². The molecule has 2 aromatic rings. The number of hydrogen-bond acceptors (Lipinski definition) is 4. The molecule has 3 rings (SSSR count).